The summed E-state index contributed by atoms with van der Waals surface area (Å²) in [6, 6.07) is 15.2. The van der Waals surface area contributed by atoms with E-state index in [4.69, 9.17) is 38.3 Å². The van der Waals surface area contributed by atoms with Gasteiger partial charge in [-0.2, -0.15) is 0 Å². The van der Waals surface area contributed by atoms with Crippen LogP contribution >= 0.6 is 11.3 Å². The Bertz CT molecular complexity index is 3360. The predicted molar refractivity (Wildman–Crippen MR) is 324 cm³/mol. The SMILES string of the molecule is C=C1CC2C(O)N(C(=O)OCc3ccc(O[C@H]4C[C@@H](CC)C[C@@H](C(=O)OC)O4)c(C(=O)NCCC(C)(C)OCN(C)C)c3)c3cc(OCCCC(=O)Nc4ccc5sc(C(=O)Nc6cc(C(=O)NCCCO)n(C)c6)cc5c4)c(OC)cc3C(=O)N2C1. The van der Waals surface area contributed by atoms with Crippen LogP contribution in [0, 0.1) is 5.92 Å². The average molecular weight is 1220 g/mol. The number of anilines is 3. The number of benzene rings is 3. The third-order valence-electron chi connectivity index (χ3n) is 15.1. The third kappa shape index (κ3) is 16.3. The van der Waals surface area contributed by atoms with Gasteiger partial charge < -0.3 is 74.1 Å². The number of aliphatic hydroxyl groups excluding tert-OH is 2. The molecule has 6 N–H and O–H groups in total. The van der Waals surface area contributed by atoms with Crippen molar-refractivity contribution in [1.82, 2.24) is 25.0 Å². The predicted octanol–water partition coefficient (Wildman–Crippen LogP) is 7.17. The zero-order chi connectivity index (χ0) is 62.7. The summed E-state index contributed by atoms with van der Waals surface area (Å²) in [4.78, 5) is 99.6. The molecule has 5 heterocycles. The van der Waals surface area contributed by atoms with Crippen molar-refractivity contribution in [3.63, 3.8) is 0 Å². The van der Waals surface area contributed by atoms with E-state index in [9.17, 15) is 38.7 Å². The van der Waals surface area contributed by atoms with E-state index in [0.717, 1.165) is 21.4 Å². The van der Waals surface area contributed by atoms with Crippen molar-refractivity contribution in [3.8, 4) is 17.2 Å². The number of ether oxygens (including phenoxy) is 7. The first-order valence-electron chi connectivity index (χ1n) is 28.9. The number of aliphatic hydroxyl groups is 2. The highest BCUT2D eigenvalue weighted by Crippen LogP contribution is 2.42. The van der Waals surface area contributed by atoms with E-state index >= 15 is 0 Å². The van der Waals surface area contributed by atoms with Crippen molar-refractivity contribution < 1.29 is 76.9 Å². The Morgan fingerprint density at radius 1 is 0.897 bits per heavy atom. The summed E-state index contributed by atoms with van der Waals surface area (Å²) >= 11 is 1.27. The van der Waals surface area contributed by atoms with Gasteiger partial charge in [0.25, 0.3) is 23.6 Å². The number of carbonyl (C=O) groups is 7. The number of rotatable bonds is 26. The molecular formula is C62H78N8O16S. The normalized spacial score (nSPS) is 18.4. The number of fused-ring (bicyclic) bond motifs is 3. The van der Waals surface area contributed by atoms with E-state index in [0.29, 0.717) is 72.0 Å². The minimum Gasteiger partial charge on any atom is -0.493 e. The Hall–Kier alpha value is -8.07. The summed E-state index contributed by atoms with van der Waals surface area (Å²) in [5.74, 6) is -2.04. The van der Waals surface area contributed by atoms with E-state index in [1.807, 2.05) is 39.8 Å². The number of esters is 1. The molecule has 468 valence electrons. The number of methoxy groups -OCH3 is 2. The number of hydrogen-bond donors (Lipinski definition) is 6. The smallest absolute Gasteiger partial charge is 0.416 e. The molecule has 0 spiro atoms. The molecule has 0 aliphatic carbocycles. The first-order valence-corrected chi connectivity index (χ1v) is 29.7. The summed E-state index contributed by atoms with van der Waals surface area (Å²) in [5.41, 5.74) is 1.84. The van der Waals surface area contributed by atoms with Crippen molar-refractivity contribution in [2.45, 2.75) is 109 Å². The molecule has 0 bridgehead atoms. The van der Waals surface area contributed by atoms with Crippen LogP contribution < -0.4 is 40.4 Å². The molecule has 5 aromatic rings. The van der Waals surface area contributed by atoms with Crippen LogP contribution in [0.1, 0.15) is 119 Å². The fraction of sp³-hybridized carbons (Fsp3) is 0.468. The Kier molecular flexibility index (Phi) is 21.7. The number of amides is 6. The van der Waals surface area contributed by atoms with Gasteiger partial charge in [0.1, 0.15) is 18.1 Å². The molecule has 2 saturated heterocycles. The Morgan fingerprint density at radius 3 is 2.41 bits per heavy atom. The van der Waals surface area contributed by atoms with Crippen molar-refractivity contribution in [2.75, 3.05) is 83.4 Å². The highest BCUT2D eigenvalue weighted by molar-refractivity contribution is 7.20. The number of aromatic nitrogens is 1. The van der Waals surface area contributed by atoms with Gasteiger partial charge in [-0.3, -0.25) is 28.9 Å². The number of carbonyl (C=O) groups excluding carboxylic acids is 7. The maximum atomic E-state index is 14.6. The second kappa shape index (κ2) is 29.1. The summed E-state index contributed by atoms with van der Waals surface area (Å²) < 4.78 is 43.6. The minimum absolute atomic E-state index is 0.00699. The quantitative estimate of drug-likeness (QED) is 0.0138. The lowest BCUT2D eigenvalue weighted by Crippen LogP contribution is -2.50. The van der Waals surface area contributed by atoms with E-state index < -0.39 is 60.7 Å². The number of nitrogens with zero attached hydrogens (tertiary/aromatic N) is 4. The second-order valence-corrected chi connectivity index (χ2v) is 23.7. The third-order valence-corrected chi connectivity index (χ3v) is 16.3. The molecule has 3 aliphatic heterocycles. The Balaban J connectivity index is 0.942. The van der Waals surface area contributed by atoms with Crippen molar-refractivity contribution in [1.29, 1.82) is 0 Å². The number of thiophene rings is 1. The Morgan fingerprint density at radius 2 is 1.68 bits per heavy atom. The molecule has 2 unspecified atom stereocenters. The standard InChI is InChI=1S/C62H78N8O16S/c1-10-37-25-50(60(78)81-9)86-54(26-37)85-47-16-14-38(24-43(47)55(73)64-20-18-62(3,4)84-35-67(5)6)34-83-61(79)70-44-31-49(48(80-8)30-42(44)58(76)69-32-36(2)23-46(69)59(70)77)82-22-11-13-53(72)65-40-15-17-51-39(27-40)28-52(87-51)57(75)66-41-29-45(68(7)33-41)56(74)63-19-12-21-71/h14-17,24,27-31,33,37,46,50,54,59,71,77H,2,10-13,18-23,25-26,32,34-35H2,1,3-9H3,(H,63,74)(H,64,73)(H,65,72)(H,66,75)/t37-,46?,50-,54+,59?/m0/s1. The molecule has 87 heavy (non-hydrogen) atoms. The van der Waals surface area contributed by atoms with E-state index in [1.54, 1.807) is 60.3 Å². The summed E-state index contributed by atoms with van der Waals surface area (Å²) in [7, 11) is 8.15. The van der Waals surface area contributed by atoms with Crippen LogP contribution in [0.3, 0.4) is 0 Å². The number of nitrogens with one attached hydrogen (secondary N) is 4. The maximum absolute atomic E-state index is 14.6. The zero-order valence-electron chi connectivity index (χ0n) is 50.4. The monoisotopic (exact) mass is 1220 g/mol. The molecule has 25 heteroatoms. The van der Waals surface area contributed by atoms with Crippen molar-refractivity contribution in [2.24, 2.45) is 13.0 Å². The van der Waals surface area contributed by atoms with Gasteiger partial charge in [0.2, 0.25) is 12.2 Å². The van der Waals surface area contributed by atoms with E-state index in [-0.39, 0.29) is 103 Å². The number of hydrogen-bond acceptors (Lipinski definition) is 18. The van der Waals surface area contributed by atoms with Crippen molar-refractivity contribution in [3.05, 3.63) is 106 Å². The molecule has 24 nitrogen and oxygen atoms in total. The molecule has 0 radical (unpaired) electrons. The zero-order valence-corrected chi connectivity index (χ0v) is 51.2. The maximum Gasteiger partial charge on any atom is 0.416 e. The van der Waals surface area contributed by atoms with Crippen LogP contribution in [0.4, 0.5) is 21.9 Å². The van der Waals surface area contributed by atoms with Crippen LogP contribution in [0.5, 0.6) is 17.2 Å². The van der Waals surface area contributed by atoms with Crippen molar-refractivity contribution >= 4 is 80.1 Å². The summed E-state index contributed by atoms with van der Waals surface area (Å²) in [6.07, 6.45) is 0.234. The van der Waals surface area contributed by atoms with Gasteiger partial charge in [0.05, 0.1) is 66.6 Å². The van der Waals surface area contributed by atoms with E-state index in [2.05, 4.69) is 27.8 Å². The largest absolute Gasteiger partial charge is 0.493 e. The van der Waals surface area contributed by atoms with Gasteiger partial charge in [-0.15, -0.1) is 11.3 Å². The van der Waals surface area contributed by atoms with Crippen LogP contribution in [-0.2, 0) is 42.2 Å². The lowest BCUT2D eigenvalue weighted by atomic mass is 9.92. The minimum atomic E-state index is -1.61. The lowest BCUT2D eigenvalue weighted by Gasteiger charge is -2.34. The van der Waals surface area contributed by atoms with Gasteiger partial charge in [-0.1, -0.05) is 31.6 Å². The summed E-state index contributed by atoms with van der Waals surface area (Å²) in [6.45, 7) is 10.5. The first-order chi connectivity index (χ1) is 41.6. The topological polar surface area (TPSA) is 287 Å². The van der Waals surface area contributed by atoms with Gasteiger partial charge in [0.15, 0.2) is 23.8 Å². The van der Waals surface area contributed by atoms with Gasteiger partial charge in [-0.05, 0) is 125 Å². The van der Waals surface area contributed by atoms with E-state index in [1.165, 1.54) is 48.7 Å². The van der Waals surface area contributed by atoms with Gasteiger partial charge in [-0.25, -0.2) is 14.5 Å². The Labute approximate surface area is 508 Å². The fourth-order valence-electron chi connectivity index (χ4n) is 10.4. The molecule has 3 aliphatic rings. The lowest BCUT2D eigenvalue weighted by molar-refractivity contribution is -0.191. The average Bonchev–Trinajstić information content (AvgIpc) is 2.04. The first kappa shape index (κ1) is 64.9. The van der Waals surface area contributed by atoms with Gasteiger partial charge >= 0.3 is 12.1 Å². The van der Waals surface area contributed by atoms with Crippen LogP contribution in [0.25, 0.3) is 10.1 Å². The molecule has 2 aromatic heterocycles. The highest BCUT2D eigenvalue weighted by Gasteiger charge is 2.46. The molecule has 2 fully saturated rings. The molecule has 5 atom stereocenters. The molecule has 3 aromatic carbocycles. The molecule has 0 saturated carbocycles. The van der Waals surface area contributed by atoms with Gasteiger partial charge in [0, 0.05) is 68.8 Å². The summed E-state index contributed by atoms with van der Waals surface area (Å²) in [5, 5.41) is 33.3. The molecule has 8 rings (SSSR count). The van der Waals surface area contributed by atoms with Crippen LogP contribution in [0.2, 0.25) is 0 Å². The number of aryl methyl sites for hydroxylation is 1. The molecule has 6 amide bonds. The fourth-order valence-corrected chi connectivity index (χ4v) is 11.3. The second-order valence-electron chi connectivity index (χ2n) is 22.6. The molecular weight excluding hydrogens is 1140 g/mol. The van der Waals surface area contributed by atoms with Crippen LogP contribution in [0.15, 0.2) is 79.0 Å². The van der Waals surface area contributed by atoms with Crippen LogP contribution in [-0.4, -0.2) is 164 Å². The highest BCUT2D eigenvalue weighted by atomic mass is 32.1.